The first-order valence-electron chi connectivity index (χ1n) is 12.4. The fraction of sp³-hybridized carbons (Fsp3) is 0.148. The normalized spacial score (nSPS) is 11.6. The van der Waals surface area contributed by atoms with Crippen molar-refractivity contribution in [3.05, 3.63) is 100 Å². The summed E-state index contributed by atoms with van der Waals surface area (Å²) in [6.07, 6.45) is 3.13. The van der Waals surface area contributed by atoms with Crippen molar-refractivity contribution >= 4 is 24.0 Å². The van der Waals surface area contributed by atoms with Crippen molar-refractivity contribution in [2.75, 3.05) is 5.32 Å². The van der Waals surface area contributed by atoms with Gasteiger partial charge in [0.1, 0.15) is 11.5 Å². The molecule has 0 saturated carbocycles. The molecule has 5 aromatic rings. The highest BCUT2D eigenvalue weighted by Gasteiger charge is 2.24. The number of aromatic hydroxyl groups is 2. The Kier molecular flexibility index (Phi) is 7.54. The number of hydrogen-bond acceptors (Lipinski definition) is 11. The molecule has 41 heavy (non-hydrogen) atoms. The van der Waals surface area contributed by atoms with Crippen molar-refractivity contribution < 1.29 is 15.0 Å². The molecular formula is C27H25N11O3. The molecule has 0 aliphatic heterocycles. The van der Waals surface area contributed by atoms with Gasteiger partial charge in [-0.1, -0.05) is 12.1 Å². The second-order valence-electron chi connectivity index (χ2n) is 9.10. The Morgan fingerprint density at radius 3 is 1.83 bits per heavy atom. The summed E-state index contributed by atoms with van der Waals surface area (Å²) < 4.78 is 0. The lowest BCUT2D eigenvalue weighted by atomic mass is 9.82. The molecule has 0 saturated heterocycles. The van der Waals surface area contributed by atoms with Crippen LogP contribution in [0.4, 0.5) is 5.69 Å². The first kappa shape index (κ1) is 26.8. The van der Waals surface area contributed by atoms with Crippen LogP contribution >= 0.6 is 0 Å². The van der Waals surface area contributed by atoms with E-state index in [0.29, 0.717) is 45.2 Å². The third-order valence-corrected chi connectivity index (χ3v) is 6.11. The van der Waals surface area contributed by atoms with E-state index in [-0.39, 0.29) is 17.4 Å². The Balaban J connectivity index is 1.63. The van der Waals surface area contributed by atoms with Gasteiger partial charge >= 0.3 is 0 Å². The lowest BCUT2D eigenvalue weighted by molar-refractivity contribution is -0.114. The van der Waals surface area contributed by atoms with Crippen molar-refractivity contribution in [2.24, 2.45) is 10.2 Å². The van der Waals surface area contributed by atoms with Crippen LogP contribution in [-0.4, -0.2) is 69.2 Å². The standard InChI is InChI=1S/C27H25N11O3/c1-16-31-33-35-37(16)28-14-19-7-9-25(40)23(11-19)27(21-5-4-6-22(13-21)30-18(3)39)24-12-20(8-10-26(24)41)15-29-38-17(2)32-34-36-38/h4-15,27,40-41H,1-3H3,(H,30,39)/b28-14+,29-15+. The molecule has 0 aliphatic rings. The van der Waals surface area contributed by atoms with Crippen molar-refractivity contribution in [1.82, 2.24) is 40.6 Å². The summed E-state index contributed by atoms with van der Waals surface area (Å²) in [4.78, 5) is 14.3. The van der Waals surface area contributed by atoms with Gasteiger partial charge < -0.3 is 15.5 Å². The summed E-state index contributed by atoms with van der Waals surface area (Å²) in [5.41, 5.74) is 3.56. The molecule has 0 unspecified atom stereocenters. The van der Waals surface area contributed by atoms with E-state index < -0.39 is 5.92 Å². The summed E-state index contributed by atoms with van der Waals surface area (Å²) >= 11 is 0. The van der Waals surface area contributed by atoms with E-state index >= 15 is 0 Å². The SMILES string of the molecule is CC(=O)Nc1cccc(C(c2cc(/C=N/n3nnnc3C)ccc2O)c2cc(/C=N/n3nnnc3C)ccc2O)c1. The van der Waals surface area contributed by atoms with E-state index in [1.54, 1.807) is 80.9 Å². The Morgan fingerprint density at radius 1 is 0.829 bits per heavy atom. The van der Waals surface area contributed by atoms with Gasteiger partial charge in [-0.05, 0) is 99.9 Å². The number of nitrogens with one attached hydrogen (secondary N) is 1. The molecule has 5 rings (SSSR count). The minimum atomic E-state index is -0.657. The van der Waals surface area contributed by atoms with E-state index in [0.717, 1.165) is 0 Å². The quantitative estimate of drug-likeness (QED) is 0.193. The molecule has 1 amide bonds. The van der Waals surface area contributed by atoms with Crippen LogP contribution < -0.4 is 5.32 Å². The molecule has 0 spiro atoms. The van der Waals surface area contributed by atoms with Gasteiger partial charge in [-0.2, -0.15) is 10.2 Å². The molecule has 2 aromatic heterocycles. The average molecular weight is 552 g/mol. The second kappa shape index (κ2) is 11.5. The third kappa shape index (κ3) is 6.11. The van der Waals surface area contributed by atoms with Crippen LogP contribution in [0.25, 0.3) is 0 Å². The monoisotopic (exact) mass is 551 g/mol. The lowest BCUT2D eigenvalue weighted by Gasteiger charge is -2.22. The zero-order valence-corrected chi connectivity index (χ0v) is 22.3. The number of amides is 1. The molecule has 14 heteroatoms. The fourth-order valence-electron chi connectivity index (χ4n) is 4.21. The van der Waals surface area contributed by atoms with Crippen molar-refractivity contribution in [2.45, 2.75) is 26.7 Å². The maximum absolute atomic E-state index is 11.8. The van der Waals surface area contributed by atoms with Gasteiger partial charge in [0.05, 0.1) is 12.4 Å². The van der Waals surface area contributed by atoms with Gasteiger partial charge in [-0.15, -0.1) is 19.8 Å². The molecule has 3 N–H and O–H groups in total. The number of phenols is 2. The van der Waals surface area contributed by atoms with Crippen LogP contribution in [0.5, 0.6) is 11.5 Å². The van der Waals surface area contributed by atoms with E-state index in [9.17, 15) is 15.0 Å². The van der Waals surface area contributed by atoms with Crippen LogP contribution in [0.3, 0.4) is 0 Å². The molecule has 206 valence electrons. The van der Waals surface area contributed by atoms with E-state index in [1.807, 2.05) is 6.07 Å². The number of aromatic nitrogens is 8. The van der Waals surface area contributed by atoms with Crippen LogP contribution in [0, 0.1) is 13.8 Å². The topological polar surface area (TPSA) is 181 Å². The first-order valence-corrected chi connectivity index (χ1v) is 12.4. The summed E-state index contributed by atoms with van der Waals surface area (Å²) in [5.74, 6) is 0.129. The van der Waals surface area contributed by atoms with Gasteiger partial charge in [0.25, 0.3) is 0 Å². The minimum absolute atomic E-state index is 0.00142. The number of hydrogen-bond donors (Lipinski definition) is 3. The van der Waals surface area contributed by atoms with Gasteiger partial charge in [0, 0.05) is 29.7 Å². The number of carbonyl (C=O) groups is 1. The smallest absolute Gasteiger partial charge is 0.221 e. The largest absolute Gasteiger partial charge is 0.508 e. The zero-order valence-electron chi connectivity index (χ0n) is 22.3. The highest BCUT2D eigenvalue weighted by Crippen LogP contribution is 2.41. The molecule has 0 bridgehead atoms. The Hall–Kier alpha value is -5.79. The van der Waals surface area contributed by atoms with Gasteiger partial charge in [0.15, 0.2) is 11.6 Å². The zero-order chi connectivity index (χ0) is 28.9. The summed E-state index contributed by atoms with van der Waals surface area (Å²) in [5, 5.41) is 55.9. The number of phenolic OH excluding ortho intramolecular Hbond substituents is 2. The van der Waals surface area contributed by atoms with Crippen LogP contribution in [0.15, 0.2) is 70.9 Å². The maximum atomic E-state index is 11.8. The summed E-state index contributed by atoms with van der Waals surface area (Å²) in [6, 6.07) is 17.2. The Morgan fingerprint density at radius 2 is 1.37 bits per heavy atom. The number of anilines is 1. The van der Waals surface area contributed by atoms with E-state index in [4.69, 9.17) is 0 Å². The van der Waals surface area contributed by atoms with Crippen LogP contribution in [0.2, 0.25) is 0 Å². The molecule has 0 radical (unpaired) electrons. The highest BCUT2D eigenvalue weighted by atomic mass is 16.3. The summed E-state index contributed by atoms with van der Waals surface area (Å²) in [6.45, 7) is 4.86. The Labute approximate surface area is 233 Å². The number of benzene rings is 3. The molecular weight excluding hydrogens is 526 g/mol. The number of tetrazole rings is 2. The van der Waals surface area contributed by atoms with Gasteiger partial charge in [0.2, 0.25) is 5.91 Å². The second-order valence-corrected chi connectivity index (χ2v) is 9.10. The van der Waals surface area contributed by atoms with Crippen molar-refractivity contribution in [3.8, 4) is 11.5 Å². The first-order chi connectivity index (χ1) is 19.8. The molecule has 2 heterocycles. The summed E-state index contributed by atoms with van der Waals surface area (Å²) in [7, 11) is 0. The predicted octanol–water partition coefficient (Wildman–Crippen LogP) is 2.59. The molecule has 0 atom stereocenters. The molecule has 3 aromatic carbocycles. The van der Waals surface area contributed by atoms with Gasteiger partial charge in [-0.3, -0.25) is 4.79 Å². The third-order valence-electron chi connectivity index (χ3n) is 6.11. The number of rotatable bonds is 8. The highest BCUT2D eigenvalue weighted by molar-refractivity contribution is 5.89. The van der Waals surface area contributed by atoms with Gasteiger partial charge in [-0.25, -0.2) is 0 Å². The number of aryl methyl sites for hydroxylation is 2. The lowest BCUT2D eigenvalue weighted by Crippen LogP contribution is -2.09. The molecule has 0 fully saturated rings. The molecule has 0 aliphatic carbocycles. The number of carbonyl (C=O) groups excluding carboxylic acids is 1. The van der Waals surface area contributed by atoms with E-state index in [2.05, 4.69) is 46.6 Å². The Bertz CT molecular complexity index is 1670. The maximum Gasteiger partial charge on any atom is 0.221 e. The van der Waals surface area contributed by atoms with Crippen LogP contribution in [0.1, 0.15) is 52.3 Å². The minimum Gasteiger partial charge on any atom is -0.508 e. The average Bonchev–Trinajstić information content (AvgIpc) is 3.56. The van der Waals surface area contributed by atoms with Crippen LogP contribution in [-0.2, 0) is 4.79 Å². The molecule has 14 nitrogen and oxygen atoms in total. The van der Waals surface area contributed by atoms with Crippen molar-refractivity contribution in [1.29, 1.82) is 0 Å². The fourth-order valence-corrected chi connectivity index (χ4v) is 4.21. The predicted molar refractivity (Wildman–Crippen MR) is 149 cm³/mol. The van der Waals surface area contributed by atoms with Crippen molar-refractivity contribution in [3.63, 3.8) is 0 Å². The van der Waals surface area contributed by atoms with E-state index in [1.165, 1.54) is 16.5 Å². The number of nitrogens with zero attached hydrogens (tertiary/aromatic N) is 10.